The van der Waals surface area contributed by atoms with E-state index in [1.54, 1.807) is 37.4 Å². The van der Waals surface area contributed by atoms with E-state index in [-0.39, 0.29) is 5.84 Å². The van der Waals surface area contributed by atoms with Gasteiger partial charge >= 0.3 is 0 Å². The number of nitrogen functional groups attached to an aromatic ring is 1. The highest BCUT2D eigenvalue weighted by Gasteiger charge is 2.08. The smallest absolute Gasteiger partial charge is 0.248 e. The number of rotatable bonds is 13. The number of hydrogen-bond donors (Lipinski definition) is 3. The Balaban J connectivity index is 1.70. The second kappa shape index (κ2) is 11.7. The van der Waals surface area contributed by atoms with Gasteiger partial charge in [-0.3, -0.25) is 10.2 Å². The van der Waals surface area contributed by atoms with Gasteiger partial charge < -0.3 is 25.7 Å². The highest BCUT2D eigenvalue weighted by atomic mass is 16.5. The van der Waals surface area contributed by atoms with Crippen molar-refractivity contribution in [2.24, 2.45) is 11.5 Å². The number of carbonyl (C=O) groups is 1. The summed E-state index contributed by atoms with van der Waals surface area (Å²) in [5, 5.41) is 7.37. The summed E-state index contributed by atoms with van der Waals surface area (Å²) >= 11 is 0. The Kier molecular flexibility index (Phi) is 8.98. The maximum atomic E-state index is 11.4. The molecule has 29 heavy (non-hydrogen) atoms. The molecule has 0 aliphatic rings. The Labute approximate surface area is 171 Å². The normalized spacial score (nSPS) is 10.5. The first-order valence-corrected chi connectivity index (χ1v) is 9.63. The standard InChI is InChI=1S/C22H29N3O4/c1-27-14-11-17-15-18(22(25)26)7-10-20(17)29-13-4-2-3-12-28-19-8-5-16(6-9-19)21(23)24/h5-10,15H,2-4,11-14H2,1H3,(H3,23,24)(H2,25,26). The lowest BCUT2D eigenvalue weighted by atomic mass is 10.1. The van der Waals surface area contributed by atoms with Crippen LogP contribution in [0.2, 0.25) is 0 Å². The Hall–Kier alpha value is -3.06. The molecule has 0 saturated carbocycles. The van der Waals surface area contributed by atoms with Crippen molar-refractivity contribution < 1.29 is 19.0 Å². The minimum Gasteiger partial charge on any atom is -0.494 e. The van der Waals surface area contributed by atoms with E-state index >= 15 is 0 Å². The molecule has 7 heteroatoms. The summed E-state index contributed by atoms with van der Waals surface area (Å²) in [6, 6.07) is 12.4. The van der Waals surface area contributed by atoms with E-state index in [2.05, 4.69) is 0 Å². The predicted octanol–water partition coefficient (Wildman–Crippen LogP) is 2.89. The number of methoxy groups -OCH3 is 1. The number of ether oxygens (including phenoxy) is 3. The topological polar surface area (TPSA) is 121 Å². The van der Waals surface area contributed by atoms with Gasteiger partial charge in [0.2, 0.25) is 5.91 Å². The van der Waals surface area contributed by atoms with E-state index in [9.17, 15) is 4.79 Å². The Morgan fingerprint density at radius 1 is 0.897 bits per heavy atom. The molecule has 2 aromatic carbocycles. The molecule has 0 unspecified atom stereocenters. The molecule has 0 aliphatic heterocycles. The molecule has 0 saturated heterocycles. The summed E-state index contributed by atoms with van der Waals surface area (Å²) in [5.74, 6) is 1.12. The van der Waals surface area contributed by atoms with E-state index < -0.39 is 5.91 Å². The van der Waals surface area contributed by atoms with Gasteiger partial charge in [0.15, 0.2) is 0 Å². The Morgan fingerprint density at radius 3 is 2.17 bits per heavy atom. The van der Waals surface area contributed by atoms with Gasteiger partial charge in [-0.25, -0.2) is 0 Å². The fraction of sp³-hybridized carbons (Fsp3) is 0.364. The van der Waals surface area contributed by atoms with Crippen LogP contribution in [-0.4, -0.2) is 38.7 Å². The first-order valence-electron chi connectivity index (χ1n) is 9.63. The lowest BCUT2D eigenvalue weighted by Crippen LogP contribution is -2.12. The van der Waals surface area contributed by atoms with Crippen molar-refractivity contribution in [1.82, 2.24) is 0 Å². The second-order valence-corrected chi connectivity index (χ2v) is 6.63. The van der Waals surface area contributed by atoms with Crippen LogP contribution < -0.4 is 20.9 Å². The fourth-order valence-corrected chi connectivity index (χ4v) is 2.76. The van der Waals surface area contributed by atoms with Crippen molar-refractivity contribution in [2.45, 2.75) is 25.7 Å². The number of amides is 1. The van der Waals surface area contributed by atoms with Crippen molar-refractivity contribution >= 4 is 11.7 Å². The van der Waals surface area contributed by atoms with E-state index in [0.29, 0.717) is 37.4 Å². The quantitative estimate of drug-likeness (QED) is 0.272. The Bertz CT molecular complexity index is 806. The molecule has 0 atom stereocenters. The van der Waals surface area contributed by atoms with Crippen LogP contribution in [0.25, 0.3) is 0 Å². The molecule has 0 heterocycles. The average molecular weight is 399 g/mol. The van der Waals surface area contributed by atoms with Gasteiger partial charge in [0.1, 0.15) is 17.3 Å². The first kappa shape index (κ1) is 22.2. The SMILES string of the molecule is COCCc1cc(C(N)=O)ccc1OCCCCCOc1ccc(C(=N)N)cc1. The second-order valence-electron chi connectivity index (χ2n) is 6.63. The number of hydrogen-bond acceptors (Lipinski definition) is 5. The molecule has 0 aromatic heterocycles. The lowest BCUT2D eigenvalue weighted by molar-refractivity contribution is 0.1000. The van der Waals surface area contributed by atoms with Crippen LogP contribution in [0.5, 0.6) is 11.5 Å². The van der Waals surface area contributed by atoms with Crippen molar-refractivity contribution in [3.63, 3.8) is 0 Å². The Morgan fingerprint density at radius 2 is 1.55 bits per heavy atom. The zero-order chi connectivity index (χ0) is 21.1. The number of nitrogens with one attached hydrogen (secondary N) is 1. The molecule has 0 radical (unpaired) electrons. The first-order chi connectivity index (χ1) is 14.0. The van der Waals surface area contributed by atoms with Crippen molar-refractivity contribution in [2.75, 3.05) is 26.9 Å². The molecule has 5 N–H and O–H groups in total. The van der Waals surface area contributed by atoms with Crippen molar-refractivity contribution in [1.29, 1.82) is 5.41 Å². The van der Waals surface area contributed by atoms with Crippen LogP contribution in [0.4, 0.5) is 0 Å². The van der Waals surface area contributed by atoms with Gasteiger partial charge in [0, 0.05) is 18.2 Å². The third-order valence-corrected chi connectivity index (χ3v) is 4.40. The van der Waals surface area contributed by atoms with Gasteiger partial charge in [0.25, 0.3) is 0 Å². The maximum Gasteiger partial charge on any atom is 0.248 e. The molecule has 0 spiro atoms. The van der Waals surface area contributed by atoms with Gasteiger partial charge in [-0.1, -0.05) is 0 Å². The average Bonchev–Trinajstić information content (AvgIpc) is 2.72. The third-order valence-electron chi connectivity index (χ3n) is 4.40. The van der Waals surface area contributed by atoms with Crippen LogP contribution in [0.15, 0.2) is 42.5 Å². The fourth-order valence-electron chi connectivity index (χ4n) is 2.76. The lowest BCUT2D eigenvalue weighted by Gasteiger charge is -2.12. The number of primary amides is 1. The highest BCUT2D eigenvalue weighted by molar-refractivity contribution is 5.95. The van der Waals surface area contributed by atoms with Crippen molar-refractivity contribution in [3.05, 3.63) is 59.2 Å². The van der Waals surface area contributed by atoms with Crippen LogP contribution in [0.3, 0.4) is 0 Å². The third kappa shape index (κ3) is 7.46. The summed E-state index contributed by atoms with van der Waals surface area (Å²) in [7, 11) is 1.64. The summed E-state index contributed by atoms with van der Waals surface area (Å²) in [6.45, 7) is 1.75. The predicted molar refractivity (Wildman–Crippen MR) is 113 cm³/mol. The summed E-state index contributed by atoms with van der Waals surface area (Å²) < 4.78 is 16.7. The number of carbonyl (C=O) groups excluding carboxylic acids is 1. The van der Waals surface area contributed by atoms with Crippen LogP contribution >= 0.6 is 0 Å². The molecule has 1 amide bonds. The minimum atomic E-state index is -0.453. The van der Waals surface area contributed by atoms with E-state index in [1.807, 2.05) is 12.1 Å². The van der Waals surface area contributed by atoms with E-state index in [4.69, 9.17) is 31.1 Å². The zero-order valence-electron chi connectivity index (χ0n) is 16.8. The van der Waals surface area contributed by atoms with E-state index in [1.165, 1.54) is 0 Å². The van der Waals surface area contributed by atoms with Crippen LogP contribution in [-0.2, 0) is 11.2 Å². The summed E-state index contributed by atoms with van der Waals surface area (Å²) in [5.41, 5.74) is 12.9. The molecule has 0 aliphatic carbocycles. The molecular weight excluding hydrogens is 370 g/mol. The molecule has 156 valence electrons. The van der Waals surface area contributed by atoms with Gasteiger partial charge in [-0.2, -0.15) is 0 Å². The summed E-state index contributed by atoms with van der Waals surface area (Å²) in [6.07, 6.45) is 3.43. The number of unbranched alkanes of at least 4 members (excludes halogenated alkanes) is 2. The van der Waals surface area contributed by atoms with Gasteiger partial charge in [0.05, 0.1) is 19.8 Å². The number of amidine groups is 1. The van der Waals surface area contributed by atoms with Crippen LogP contribution in [0, 0.1) is 5.41 Å². The molecule has 0 bridgehead atoms. The number of benzene rings is 2. The monoisotopic (exact) mass is 399 g/mol. The van der Waals surface area contributed by atoms with Crippen LogP contribution in [0.1, 0.15) is 40.7 Å². The van der Waals surface area contributed by atoms with E-state index in [0.717, 1.165) is 36.3 Å². The minimum absolute atomic E-state index is 0.0474. The molecule has 2 aromatic rings. The largest absolute Gasteiger partial charge is 0.494 e. The maximum absolute atomic E-state index is 11.4. The molecule has 0 fully saturated rings. The molecular formula is C22H29N3O4. The summed E-state index contributed by atoms with van der Waals surface area (Å²) in [4.78, 5) is 11.4. The van der Waals surface area contributed by atoms with Crippen molar-refractivity contribution in [3.8, 4) is 11.5 Å². The van der Waals surface area contributed by atoms with Gasteiger partial charge in [-0.15, -0.1) is 0 Å². The zero-order valence-corrected chi connectivity index (χ0v) is 16.8. The molecule has 7 nitrogen and oxygen atoms in total. The number of nitrogens with two attached hydrogens (primary N) is 2. The highest BCUT2D eigenvalue weighted by Crippen LogP contribution is 2.21. The van der Waals surface area contributed by atoms with Gasteiger partial charge in [-0.05, 0) is 73.7 Å². The molecule has 2 rings (SSSR count).